The Balaban J connectivity index is 2.08. The summed E-state index contributed by atoms with van der Waals surface area (Å²) >= 11 is 0. The zero-order chi connectivity index (χ0) is 14.6. The van der Waals surface area contributed by atoms with E-state index in [1.54, 1.807) is 0 Å². The van der Waals surface area contributed by atoms with E-state index in [-0.39, 0.29) is 0 Å². The van der Waals surface area contributed by atoms with Crippen molar-refractivity contribution in [3.63, 3.8) is 0 Å². The van der Waals surface area contributed by atoms with Crippen molar-refractivity contribution < 1.29 is 9.52 Å². The van der Waals surface area contributed by atoms with Crippen LogP contribution in [0.4, 0.5) is 0 Å². The summed E-state index contributed by atoms with van der Waals surface area (Å²) in [6.45, 7) is 7.71. The van der Waals surface area contributed by atoms with Gasteiger partial charge >= 0.3 is 0 Å². The summed E-state index contributed by atoms with van der Waals surface area (Å²) in [7, 11) is 0. The van der Waals surface area contributed by atoms with E-state index in [0.717, 1.165) is 18.1 Å². The van der Waals surface area contributed by atoms with Crippen LogP contribution in [0.1, 0.15) is 30.9 Å². The first kappa shape index (κ1) is 14.8. The van der Waals surface area contributed by atoms with Crippen LogP contribution in [0.25, 0.3) is 0 Å². The van der Waals surface area contributed by atoms with Crippen LogP contribution in [0.3, 0.4) is 0 Å². The van der Waals surface area contributed by atoms with Crippen LogP contribution >= 0.6 is 0 Å². The minimum Gasteiger partial charge on any atom is -0.465 e. The molecule has 20 heavy (non-hydrogen) atoms. The molecular weight excluding hydrogens is 250 g/mol. The molecule has 1 N–H and O–H groups in total. The fourth-order valence-electron chi connectivity index (χ4n) is 2.35. The second kappa shape index (κ2) is 6.25. The Hall–Kier alpha value is -1.58. The van der Waals surface area contributed by atoms with Gasteiger partial charge in [-0.3, -0.25) is 4.90 Å². The average molecular weight is 273 g/mol. The monoisotopic (exact) mass is 273 g/mol. The number of rotatable bonds is 6. The Morgan fingerprint density at radius 1 is 1.05 bits per heavy atom. The summed E-state index contributed by atoms with van der Waals surface area (Å²) in [4.78, 5) is 2.20. The van der Waals surface area contributed by atoms with Crippen molar-refractivity contribution in [3.8, 4) is 0 Å². The second-order valence-corrected chi connectivity index (χ2v) is 5.96. The average Bonchev–Trinajstić information content (AvgIpc) is 2.74. The molecule has 1 aromatic heterocycles. The normalized spacial score (nSPS) is 12.1. The van der Waals surface area contributed by atoms with E-state index in [0.29, 0.717) is 13.1 Å². The molecule has 2 rings (SSSR count). The predicted molar refractivity (Wildman–Crippen MR) is 80.3 cm³/mol. The van der Waals surface area contributed by atoms with Crippen LogP contribution in [0.2, 0.25) is 0 Å². The Morgan fingerprint density at radius 3 is 2.30 bits per heavy atom. The maximum absolute atomic E-state index is 10.1. The molecule has 0 atom stereocenters. The highest BCUT2D eigenvalue weighted by atomic mass is 16.3. The zero-order valence-electron chi connectivity index (χ0n) is 12.5. The van der Waals surface area contributed by atoms with Crippen molar-refractivity contribution in [1.82, 2.24) is 4.90 Å². The van der Waals surface area contributed by atoms with Crippen LogP contribution in [-0.2, 0) is 13.1 Å². The van der Waals surface area contributed by atoms with Gasteiger partial charge in [0.15, 0.2) is 0 Å². The highest BCUT2D eigenvalue weighted by Crippen LogP contribution is 2.15. The lowest BCUT2D eigenvalue weighted by Crippen LogP contribution is -2.37. The number of hydrogen-bond acceptors (Lipinski definition) is 3. The molecule has 1 aromatic carbocycles. The van der Waals surface area contributed by atoms with Gasteiger partial charge in [0.1, 0.15) is 11.5 Å². The molecule has 0 saturated heterocycles. The molecule has 0 fully saturated rings. The molecule has 0 radical (unpaired) electrons. The van der Waals surface area contributed by atoms with E-state index in [4.69, 9.17) is 4.42 Å². The van der Waals surface area contributed by atoms with Gasteiger partial charge < -0.3 is 9.52 Å². The highest BCUT2D eigenvalue weighted by Gasteiger charge is 2.19. The summed E-state index contributed by atoms with van der Waals surface area (Å²) in [5.41, 5.74) is 0.510. The molecule has 0 unspecified atom stereocenters. The lowest BCUT2D eigenvalue weighted by Gasteiger charge is -2.28. The lowest BCUT2D eigenvalue weighted by molar-refractivity contribution is 0.0285. The van der Waals surface area contributed by atoms with Crippen molar-refractivity contribution >= 4 is 0 Å². The van der Waals surface area contributed by atoms with E-state index in [2.05, 4.69) is 17.0 Å². The van der Waals surface area contributed by atoms with Gasteiger partial charge in [0, 0.05) is 13.1 Å². The van der Waals surface area contributed by atoms with Gasteiger partial charge in [-0.1, -0.05) is 30.3 Å². The molecular formula is C17H23NO2. The summed E-state index contributed by atoms with van der Waals surface area (Å²) in [5.74, 6) is 1.85. The highest BCUT2D eigenvalue weighted by molar-refractivity contribution is 5.15. The molecule has 3 heteroatoms. The Morgan fingerprint density at radius 2 is 1.75 bits per heavy atom. The molecule has 108 valence electrons. The van der Waals surface area contributed by atoms with Gasteiger partial charge in [0.25, 0.3) is 0 Å². The molecule has 0 saturated carbocycles. The third kappa shape index (κ3) is 4.83. The van der Waals surface area contributed by atoms with Crippen molar-refractivity contribution in [2.45, 2.75) is 39.5 Å². The van der Waals surface area contributed by atoms with Gasteiger partial charge in [-0.15, -0.1) is 0 Å². The number of hydrogen-bond donors (Lipinski definition) is 1. The van der Waals surface area contributed by atoms with Crippen LogP contribution in [-0.4, -0.2) is 22.2 Å². The molecule has 0 amide bonds. The lowest BCUT2D eigenvalue weighted by atomic mass is 10.1. The Labute approximate surface area is 120 Å². The number of furan rings is 1. The van der Waals surface area contributed by atoms with E-state index >= 15 is 0 Å². The van der Waals surface area contributed by atoms with Crippen molar-refractivity contribution in [2.75, 3.05) is 6.54 Å². The van der Waals surface area contributed by atoms with E-state index in [1.807, 2.05) is 51.1 Å². The smallest absolute Gasteiger partial charge is 0.118 e. The minimum atomic E-state index is -0.726. The third-order valence-electron chi connectivity index (χ3n) is 3.04. The van der Waals surface area contributed by atoms with Gasteiger partial charge in [-0.05, 0) is 38.5 Å². The van der Waals surface area contributed by atoms with Gasteiger partial charge in [-0.2, -0.15) is 0 Å². The van der Waals surface area contributed by atoms with E-state index in [1.165, 1.54) is 5.56 Å². The largest absolute Gasteiger partial charge is 0.465 e. The SMILES string of the molecule is Cc1ccc(CN(Cc2ccccc2)CC(C)(C)O)o1. The summed E-state index contributed by atoms with van der Waals surface area (Å²) in [6, 6.07) is 14.3. The van der Waals surface area contributed by atoms with E-state index in [9.17, 15) is 5.11 Å². The quantitative estimate of drug-likeness (QED) is 0.876. The third-order valence-corrected chi connectivity index (χ3v) is 3.04. The van der Waals surface area contributed by atoms with Gasteiger partial charge in [-0.25, -0.2) is 0 Å². The van der Waals surface area contributed by atoms with Crippen LogP contribution in [0, 0.1) is 6.92 Å². The number of nitrogens with zero attached hydrogens (tertiary/aromatic N) is 1. The first-order valence-corrected chi connectivity index (χ1v) is 6.96. The first-order chi connectivity index (χ1) is 9.42. The maximum atomic E-state index is 10.1. The molecule has 0 aliphatic heterocycles. The topological polar surface area (TPSA) is 36.6 Å². The Kier molecular flexibility index (Phi) is 4.63. The number of aryl methyl sites for hydroxylation is 1. The fraction of sp³-hybridized carbons (Fsp3) is 0.412. The summed E-state index contributed by atoms with van der Waals surface area (Å²) < 4.78 is 5.64. The van der Waals surface area contributed by atoms with Crippen LogP contribution in [0.5, 0.6) is 0 Å². The maximum Gasteiger partial charge on any atom is 0.118 e. The second-order valence-electron chi connectivity index (χ2n) is 5.96. The van der Waals surface area contributed by atoms with Crippen LogP contribution < -0.4 is 0 Å². The molecule has 0 bridgehead atoms. The number of benzene rings is 1. The Bertz CT molecular complexity index is 525. The van der Waals surface area contributed by atoms with Crippen LogP contribution in [0.15, 0.2) is 46.9 Å². The molecule has 2 aromatic rings. The van der Waals surface area contributed by atoms with E-state index < -0.39 is 5.60 Å². The fourth-order valence-corrected chi connectivity index (χ4v) is 2.35. The molecule has 0 aliphatic rings. The number of aliphatic hydroxyl groups is 1. The van der Waals surface area contributed by atoms with Gasteiger partial charge in [0.2, 0.25) is 0 Å². The van der Waals surface area contributed by atoms with Crippen molar-refractivity contribution in [2.24, 2.45) is 0 Å². The van der Waals surface area contributed by atoms with Gasteiger partial charge in [0.05, 0.1) is 12.1 Å². The molecule has 1 heterocycles. The first-order valence-electron chi connectivity index (χ1n) is 6.96. The standard InChI is InChI=1S/C17H23NO2/c1-14-9-10-16(20-14)12-18(13-17(2,3)19)11-15-7-5-4-6-8-15/h4-10,19H,11-13H2,1-3H3. The predicted octanol–water partition coefficient (Wildman–Crippen LogP) is 3.36. The molecule has 0 aliphatic carbocycles. The van der Waals surface area contributed by atoms with Crippen molar-refractivity contribution in [1.29, 1.82) is 0 Å². The van der Waals surface area contributed by atoms with Crippen molar-refractivity contribution in [3.05, 3.63) is 59.5 Å². The summed E-state index contributed by atoms with van der Waals surface area (Å²) in [6.07, 6.45) is 0. The molecule has 3 nitrogen and oxygen atoms in total. The minimum absolute atomic E-state index is 0.599. The zero-order valence-corrected chi connectivity index (χ0v) is 12.5. The summed E-state index contributed by atoms with van der Waals surface area (Å²) in [5, 5.41) is 10.1. The molecule has 0 spiro atoms.